The zero-order valence-corrected chi connectivity index (χ0v) is 15.8. The van der Waals surface area contributed by atoms with Gasteiger partial charge in [0.25, 0.3) is 5.91 Å². The van der Waals surface area contributed by atoms with E-state index in [0.717, 1.165) is 29.9 Å². The normalized spacial score (nSPS) is 13.8. The standard InChI is InChI=1S/C21H24ClN3O/c1-15-11-18(22)7-8-20(15)25-21(26)17-12-19(14-23-13-17)24-10-9-16-5-3-2-4-6-16/h5,7-8,11-14,24H,2-4,6,9-10H2,1H3,(H,25,26). The molecular formula is C21H24ClN3O. The average Bonchev–Trinajstić information content (AvgIpc) is 2.65. The molecule has 1 aromatic carbocycles. The molecule has 4 nitrogen and oxygen atoms in total. The number of allylic oxidation sites excluding steroid dienone is 1. The van der Waals surface area contributed by atoms with E-state index < -0.39 is 0 Å². The molecule has 2 N–H and O–H groups in total. The topological polar surface area (TPSA) is 54.0 Å². The van der Waals surface area contributed by atoms with Crippen molar-refractivity contribution in [3.05, 3.63) is 64.5 Å². The highest BCUT2D eigenvalue weighted by Crippen LogP contribution is 2.22. The molecule has 0 saturated heterocycles. The lowest BCUT2D eigenvalue weighted by Gasteiger charge is -2.14. The van der Waals surface area contributed by atoms with Gasteiger partial charge < -0.3 is 10.6 Å². The number of aromatic nitrogens is 1. The van der Waals surface area contributed by atoms with Gasteiger partial charge in [-0.1, -0.05) is 23.3 Å². The Balaban J connectivity index is 1.59. The van der Waals surface area contributed by atoms with E-state index in [0.29, 0.717) is 10.6 Å². The third-order valence-electron chi connectivity index (χ3n) is 4.60. The zero-order chi connectivity index (χ0) is 18.4. The van der Waals surface area contributed by atoms with Gasteiger partial charge in [0.15, 0.2) is 0 Å². The Kier molecular flexibility index (Phi) is 6.29. The van der Waals surface area contributed by atoms with Crippen LogP contribution in [0.25, 0.3) is 0 Å². The Bertz CT molecular complexity index is 817. The minimum absolute atomic E-state index is 0.179. The number of hydrogen-bond acceptors (Lipinski definition) is 3. The van der Waals surface area contributed by atoms with Gasteiger partial charge >= 0.3 is 0 Å². The number of carbonyl (C=O) groups excluding carboxylic acids is 1. The van der Waals surface area contributed by atoms with Crippen LogP contribution in [0.15, 0.2) is 48.3 Å². The van der Waals surface area contributed by atoms with Gasteiger partial charge in [0.05, 0.1) is 11.3 Å². The lowest BCUT2D eigenvalue weighted by Crippen LogP contribution is -2.14. The SMILES string of the molecule is Cc1cc(Cl)ccc1NC(=O)c1cncc(NCCC2=CCCCC2)c1. The van der Waals surface area contributed by atoms with Crippen LogP contribution in [0.3, 0.4) is 0 Å². The number of hydrogen-bond donors (Lipinski definition) is 2. The van der Waals surface area contributed by atoms with Gasteiger partial charge in [-0.25, -0.2) is 0 Å². The first kappa shape index (κ1) is 18.5. The highest BCUT2D eigenvalue weighted by molar-refractivity contribution is 6.30. The first-order chi connectivity index (χ1) is 12.6. The summed E-state index contributed by atoms with van der Waals surface area (Å²) in [6.07, 6.45) is 11.8. The van der Waals surface area contributed by atoms with E-state index in [1.807, 2.05) is 25.1 Å². The molecule has 0 radical (unpaired) electrons. The first-order valence-electron chi connectivity index (χ1n) is 9.06. The predicted octanol–water partition coefficient (Wildman–Crippen LogP) is 5.60. The average molecular weight is 370 g/mol. The molecule has 3 rings (SSSR count). The van der Waals surface area contributed by atoms with Crippen LogP contribution in [0, 0.1) is 6.92 Å². The van der Waals surface area contributed by atoms with E-state index in [-0.39, 0.29) is 5.91 Å². The van der Waals surface area contributed by atoms with Gasteiger partial charge in [-0.15, -0.1) is 0 Å². The summed E-state index contributed by atoms with van der Waals surface area (Å²) in [6.45, 7) is 2.77. The maximum atomic E-state index is 12.5. The molecule has 0 aliphatic heterocycles. The summed E-state index contributed by atoms with van der Waals surface area (Å²) in [4.78, 5) is 16.7. The number of amides is 1. The highest BCUT2D eigenvalue weighted by Gasteiger charge is 2.10. The van der Waals surface area contributed by atoms with E-state index in [1.165, 1.54) is 31.3 Å². The Hall–Kier alpha value is -2.33. The third-order valence-corrected chi connectivity index (χ3v) is 4.83. The summed E-state index contributed by atoms with van der Waals surface area (Å²) in [5.41, 5.74) is 4.60. The number of carbonyl (C=O) groups is 1. The van der Waals surface area contributed by atoms with E-state index in [1.54, 1.807) is 18.5 Å². The Morgan fingerprint density at radius 2 is 2.12 bits per heavy atom. The smallest absolute Gasteiger partial charge is 0.257 e. The first-order valence-corrected chi connectivity index (χ1v) is 9.44. The summed E-state index contributed by atoms with van der Waals surface area (Å²) < 4.78 is 0. The fraction of sp³-hybridized carbons (Fsp3) is 0.333. The summed E-state index contributed by atoms with van der Waals surface area (Å²) in [5, 5.41) is 6.94. The third kappa shape index (κ3) is 5.09. The molecule has 26 heavy (non-hydrogen) atoms. The van der Waals surface area contributed by atoms with E-state index in [4.69, 9.17) is 11.6 Å². The van der Waals surface area contributed by atoms with Crippen LogP contribution in [0.4, 0.5) is 11.4 Å². The molecule has 0 saturated carbocycles. The minimum atomic E-state index is -0.179. The number of nitrogens with one attached hydrogen (secondary N) is 2. The number of benzene rings is 1. The molecule has 1 amide bonds. The Morgan fingerprint density at radius 3 is 2.88 bits per heavy atom. The molecule has 0 atom stereocenters. The van der Waals surface area contributed by atoms with Gasteiger partial charge in [0.1, 0.15) is 0 Å². The van der Waals surface area contributed by atoms with Crippen molar-refractivity contribution in [2.75, 3.05) is 17.2 Å². The van der Waals surface area contributed by atoms with E-state index >= 15 is 0 Å². The molecule has 2 aromatic rings. The fourth-order valence-corrected chi connectivity index (χ4v) is 3.35. The van der Waals surface area contributed by atoms with Gasteiger partial charge in [0, 0.05) is 29.6 Å². The van der Waals surface area contributed by atoms with Crippen LogP contribution < -0.4 is 10.6 Å². The molecule has 0 spiro atoms. The predicted molar refractivity (Wildman–Crippen MR) is 108 cm³/mol. The number of pyridine rings is 1. The van der Waals surface area contributed by atoms with E-state index in [2.05, 4.69) is 21.7 Å². The summed E-state index contributed by atoms with van der Waals surface area (Å²) in [5.74, 6) is -0.179. The number of anilines is 2. The monoisotopic (exact) mass is 369 g/mol. The van der Waals surface area contributed by atoms with Crippen LogP contribution in [0.1, 0.15) is 48.0 Å². The summed E-state index contributed by atoms with van der Waals surface area (Å²) >= 11 is 5.96. The van der Waals surface area contributed by atoms with Crippen molar-refractivity contribution in [2.24, 2.45) is 0 Å². The molecule has 1 aromatic heterocycles. The second kappa shape index (κ2) is 8.86. The lowest BCUT2D eigenvalue weighted by molar-refractivity contribution is 0.102. The van der Waals surface area contributed by atoms with Gasteiger partial charge in [0.2, 0.25) is 0 Å². The number of rotatable bonds is 6. The molecular weight excluding hydrogens is 346 g/mol. The largest absolute Gasteiger partial charge is 0.383 e. The molecule has 0 unspecified atom stereocenters. The second-order valence-corrected chi connectivity index (χ2v) is 7.10. The van der Waals surface area contributed by atoms with Crippen LogP contribution >= 0.6 is 11.6 Å². The maximum absolute atomic E-state index is 12.5. The van der Waals surface area contributed by atoms with Crippen molar-refractivity contribution in [3.8, 4) is 0 Å². The molecule has 0 fully saturated rings. The van der Waals surface area contributed by atoms with Crippen molar-refractivity contribution in [1.29, 1.82) is 0 Å². The number of aryl methyl sites for hydroxylation is 1. The molecule has 1 aliphatic rings. The van der Waals surface area contributed by atoms with Crippen molar-refractivity contribution in [2.45, 2.75) is 39.0 Å². The molecule has 136 valence electrons. The second-order valence-electron chi connectivity index (χ2n) is 6.66. The van der Waals surface area contributed by atoms with Crippen molar-refractivity contribution in [3.63, 3.8) is 0 Å². The van der Waals surface area contributed by atoms with Crippen molar-refractivity contribution < 1.29 is 4.79 Å². The molecule has 0 bridgehead atoms. The van der Waals surface area contributed by atoms with Crippen molar-refractivity contribution >= 4 is 28.9 Å². The van der Waals surface area contributed by atoms with Gasteiger partial charge in [-0.3, -0.25) is 9.78 Å². The summed E-state index contributed by atoms with van der Waals surface area (Å²) in [6, 6.07) is 7.24. The van der Waals surface area contributed by atoms with Gasteiger partial charge in [-0.05, 0) is 68.9 Å². The minimum Gasteiger partial charge on any atom is -0.383 e. The Labute approximate surface area is 159 Å². The fourth-order valence-electron chi connectivity index (χ4n) is 3.12. The van der Waals surface area contributed by atoms with Gasteiger partial charge in [-0.2, -0.15) is 0 Å². The van der Waals surface area contributed by atoms with Crippen molar-refractivity contribution in [1.82, 2.24) is 4.98 Å². The molecule has 1 aliphatic carbocycles. The number of nitrogens with zero attached hydrogens (tertiary/aromatic N) is 1. The van der Waals surface area contributed by atoms with Crippen LogP contribution in [-0.4, -0.2) is 17.4 Å². The van der Waals surface area contributed by atoms with Crippen LogP contribution in [0.5, 0.6) is 0 Å². The number of halogens is 1. The lowest BCUT2D eigenvalue weighted by atomic mass is 9.97. The highest BCUT2D eigenvalue weighted by atomic mass is 35.5. The quantitative estimate of drug-likeness (QED) is 0.652. The zero-order valence-electron chi connectivity index (χ0n) is 15.0. The van der Waals surface area contributed by atoms with Crippen LogP contribution in [-0.2, 0) is 0 Å². The van der Waals surface area contributed by atoms with Crippen LogP contribution in [0.2, 0.25) is 5.02 Å². The molecule has 1 heterocycles. The Morgan fingerprint density at radius 1 is 1.23 bits per heavy atom. The maximum Gasteiger partial charge on any atom is 0.257 e. The summed E-state index contributed by atoms with van der Waals surface area (Å²) in [7, 11) is 0. The van der Waals surface area contributed by atoms with E-state index in [9.17, 15) is 4.79 Å². The molecule has 5 heteroatoms.